The van der Waals surface area contributed by atoms with Crippen molar-refractivity contribution >= 4 is 23.3 Å². The van der Waals surface area contributed by atoms with Crippen molar-refractivity contribution in [2.24, 2.45) is 0 Å². The maximum absolute atomic E-state index is 11.8. The van der Waals surface area contributed by atoms with Gasteiger partial charge in [0.05, 0.1) is 17.7 Å². The first-order valence-corrected chi connectivity index (χ1v) is 6.27. The van der Waals surface area contributed by atoms with E-state index < -0.39 is 12.0 Å². The minimum atomic E-state index is -0.939. The highest BCUT2D eigenvalue weighted by Gasteiger charge is 2.33. The van der Waals surface area contributed by atoms with E-state index in [4.69, 9.17) is 5.11 Å². The Labute approximate surface area is 102 Å². The first kappa shape index (κ1) is 11.8. The molecule has 0 saturated carbocycles. The van der Waals surface area contributed by atoms with E-state index in [1.807, 2.05) is 5.38 Å². The second-order valence-electron chi connectivity index (χ2n) is 3.83. The van der Waals surface area contributed by atoms with E-state index in [-0.39, 0.29) is 6.03 Å². The molecule has 2 heterocycles. The summed E-state index contributed by atoms with van der Waals surface area (Å²) >= 11 is 1.46. The summed E-state index contributed by atoms with van der Waals surface area (Å²) in [4.78, 5) is 28.1. The number of rotatable bonds is 3. The van der Waals surface area contributed by atoms with Gasteiger partial charge >= 0.3 is 12.0 Å². The van der Waals surface area contributed by atoms with Gasteiger partial charge in [-0.1, -0.05) is 0 Å². The van der Waals surface area contributed by atoms with Gasteiger partial charge in [0, 0.05) is 11.9 Å². The van der Waals surface area contributed by atoms with Crippen molar-refractivity contribution in [1.82, 2.24) is 15.2 Å². The summed E-state index contributed by atoms with van der Waals surface area (Å²) in [5.41, 5.74) is 2.48. The number of carbonyl (C=O) groups excluding carboxylic acids is 1. The molecular formula is C10H13N3O3S. The molecule has 92 valence electrons. The summed E-state index contributed by atoms with van der Waals surface area (Å²) in [5, 5.41) is 13.5. The van der Waals surface area contributed by atoms with Crippen LogP contribution < -0.4 is 5.32 Å². The molecule has 7 heteroatoms. The molecule has 1 aromatic heterocycles. The Morgan fingerprint density at radius 2 is 2.47 bits per heavy atom. The lowest BCUT2D eigenvalue weighted by atomic mass is 10.2. The Hall–Kier alpha value is -1.63. The van der Waals surface area contributed by atoms with Gasteiger partial charge in [-0.05, 0) is 12.8 Å². The number of likely N-dealkylation sites (tertiary alicyclic amines) is 1. The Morgan fingerprint density at radius 3 is 3.12 bits per heavy atom. The van der Waals surface area contributed by atoms with Crippen LogP contribution in [0.3, 0.4) is 0 Å². The third-order valence-corrected chi connectivity index (χ3v) is 3.34. The number of aliphatic carboxylic acids is 1. The number of urea groups is 1. The quantitative estimate of drug-likeness (QED) is 0.840. The van der Waals surface area contributed by atoms with E-state index in [9.17, 15) is 9.59 Å². The first-order chi connectivity index (χ1) is 8.18. The Morgan fingerprint density at radius 1 is 1.65 bits per heavy atom. The third kappa shape index (κ3) is 2.73. The lowest BCUT2D eigenvalue weighted by Crippen LogP contribution is -2.45. The van der Waals surface area contributed by atoms with E-state index in [1.165, 1.54) is 16.2 Å². The van der Waals surface area contributed by atoms with Gasteiger partial charge in [0.1, 0.15) is 6.04 Å². The molecule has 0 radical (unpaired) electrons. The molecule has 0 spiro atoms. The van der Waals surface area contributed by atoms with Crippen LogP contribution in [0.4, 0.5) is 4.79 Å². The van der Waals surface area contributed by atoms with E-state index in [0.29, 0.717) is 19.5 Å². The van der Waals surface area contributed by atoms with E-state index in [2.05, 4.69) is 10.3 Å². The normalized spacial score (nSPS) is 19.3. The number of amides is 2. The first-order valence-electron chi connectivity index (χ1n) is 5.33. The molecule has 1 aliphatic rings. The summed E-state index contributed by atoms with van der Waals surface area (Å²) in [5.74, 6) is -0.939. The van der Waals surface area contributed by atoms with Crippen LogP contribution in [0, 0.1) is 0 Å². The van der Waals surface area contributed by atoms with Crippen LogP contribution in [0.5, 0.6) is 0 Å². The van der Waals surface area contributed by atoms with Crippen molar-refractivity contribution in [3.63, 3.8) is 0 Å². The lowest BCUT2D eigenvalue weighted by molar-refractivity contribution is -0.141. The van der Waals surface area contributed by atoms with Gasteiger partial charge in [-0.3, -0.25) is 0 Å². The number of carboxylic acid groups (broad SMARTS) is 1. The predicted octanol–water partition coefficient (Wildman–Crippen LogP) is 0.902. The van der Waals surface area contributed by atoms with Gasteiger partial charge in [-0.2, -0.15) is 0 Å². The van der Waals surface area contributed by atoms with Crippen molar-refractivity contribution < 1.29 is 14.7 Å². The number of aromatic nitrogens is 1. The van der Waals surface area contributed by atoms with Crippen LogP contribution in [0.15, 0.2) is 10.9 Å². The minimum Gasteiger partial charge on any atom is -0.480 e. The Balaban J connectivity index is 1.89. The molecule has 1 aromatic rings. The average Bonchev–Trinajstić information content (AvgIpc) is 2.96. The maximum Gasteiger partial charge on any atom is 0.326 e. The maximum atomic E-state index is 11.8. The standard InChI is InChI=1S/C10H13N3O3S/c14-9(15)8-2-1-3-13(8)10(16)11-4-7-5-17-6-12-7/h5-6,8H,1-4H2,(H,11,16)(H,14,15)/t8-/m0/s1. The fourth-order valence-electron chi connectivity index (χ4n) is 1.86. The van der Waals surface area contributed by atoms with Crippen molar-refractivity contribution in [2.45, 2.75) is 25.4 Å². The van der Waals surface area contributed by atoms with Gasteiger partial charge in [-0.25, -0.2) is 14.6 Å². The van der Waals surface area contributed by atoms with Crippen LogP contribution in [0.25, 0.3) is 0 Å². The highest BCUT2D eigenvalue weighted by Crippen LogP contribution is 2.17. The zero-order valence-corrected chi connectivity index (χ0v) is 9.94. The van der Waals surface area contributed by atoms with Gasteiger partial charge in [0.25, 0.3) is 0 Å². The molecule has 1 aliphatic heterocycles. The Bertz CT molecular complexity index is 407. The number of carbonyl (C=O) groups is 2. The summed E-state index contributed by atoms with van der Waals surface area (Å²) in [7, 11) is 0. The fourth-order valence-corrected chi connectivity index (χ4v) is 2.42. The largest absolute Gasteiger partial charge is 0.480 e. The number of thiazole rings is 1. The molecule has 0 aromatic carbocycles. The minimum absolute atomic E-state index is 0.331. The SMILES string of the molecule is O=C(O)[C@@H]1CCCN1C(=O)NCc1cscn1. The van der Waals surface area contributed by atoms with Crippen molar-refractivity contribution in [2.75, 3.05) is 6.54 Å². The number of nitrogens with one attached hydrogen (secondary N) is 1. The molecule has 0 bridgehead atoms. The number of hydrogen-bond donors (Lipinski definition) is 2. The van der Waals surface area contributed by atoms with E-state index >= 15 is 0 Å². The van der Waals surface area contributed by atoms with Gasteiger partial charge < -0.3 is 15.3 Å². The zero-order chi connectivity index (χ0) is 12.3. The monoisotopic (exact) mass is 255 g/mol. The summed E-state index contributed by atoms with van der Waals surface area (Å²) in [6.07, 6.45) is 1.26. The summed E-state index contributed by atoms with van der Waals surface area (Å²) in [6.45, 7) is 0.838. The molecule has 6 nitrogen and oxygen atoms in total. The van der Waals surface area contributed by atoms with E-state index in [1.54, 1.807) is 5.51 Å². The van der Waals surface area contributed by atoms with Gasteiger partial charge in [-0.15, -0.1) is 11.3 Å². The molecule has 2 rings (SSSR count). The molecule has 0 unspecified atom stereocenters. The number of nitrogens with zero attached hydrogens (tertiary/aromatic N) is 2. The van der Waals surface area contributed by atoms with E-state index in [0.717, 1.165) is 12.1 Å². The number of hydrogen-bond acceptors (Lipinski definition) is 4. The molecule has 2 N–H and O–H groups in total. The second-order valence-corrected chi connectivity index (χ2v) is 4.55. The van der Waals surface area contributed by atoms with Crippen LogP contribution in [-0.4, -0.2) is 39.6 Å². The number of carboxylic acids is 1. The molecule has 17 heavy (non-hydrogen) atoms. The molecule has 2 amide bonds. The molecule has 0 aliphatic carbocycles. The highest BCUT2D eigenvalue weighted by molar-refractivity contribution is 7.07. The third-order valence-electron chi connectivity index (χ3n) is 2.70. The van der Waals surface area contributed by atoms with Crippen LogP contribution in [-0.2, 0) is 11.3 Å². The molecule has 1 atom stereocenters. The molecule has 1 saturated heterocycles. The van der Waals surface area contributed by atoms with Crippen LogP contribution in [0.1, 0.15) is 18.5 Å². The summed E-state index contributed by atoms with van der Waals surface area (Å²) < 4.78 is 0. The fraction of sp³-hybridized carbons (Fsp3) is 0.500. The molecule has 1 fully saturated rings. The van der Waals surface area contributed by atoms with Gasteiger partial charge in [0.2, 0.25) is 0 Å². The highest BCUT2D eigenvalue weighted by atomic mass is 32.1. The second kappa shape index (κ2) is 5.13. The smallest absolute Gasteiger partial charge is 0.326 e. The average molecular weight is 255 g/mol. The predicted molar refractivity (Wildman–Crippen MR) is 61.7 cm³/mol. The zero-order valence-electron chi connectivity index (χ0n) is 9.13. The lowest BCUT2D eigenvalue weighted by Gasteiger charge is -2.21. The topological polar surface area (TPSA) is 82.5 Å². The Kier molecular flexibility index (Phi) is 3.58. The van der Waals surface area contributed by atoms with Crippen LogP contribution in [0.2, 0.25) is 0 Å². The van der Waals surface area contributed by atoms with Crippen LogP contribution >= 0.6 is 11.3 Å². The summed E-state index contributed by atoms with van der Waals surface area (Å²) in [6, 6.07) is -1.02. The van der Waals surface area contributed by atoms with Crippen molar-refractivity contribution in [3.05, 3.63) is 16.6 Å². The van der Waals surface area contributed by atoms with Crippen molar-refractivity contribution in [3.8, 4) is 0 Å². The molecular weight excluding hydrogens is 242 g/mol. The van der Waals surface area contributed by atoms with Crippen molar-refractivity contribution in [1.29, 1.82) is 0 Å². The van der Waals surface area contributed by atoms with Gasteiger partial charge in [0.15, 0.2) is 0 Å².